The van der Waals surface area contributed by atoms with Gasteiger partial charge in [0.05, 0.1) is 6.61 Å². The highest BCUT2D eigenvalue weighted by atomic mass is 28.4. The Hall–Kier alpha value is -1.10. The summed E-state index contributed by atoms with van der Waals surface area (Å²) in [6.07, 6.45) is 0.714. The summed E-state index contributed by atoms with van der Waals surface area (Å²) in [5.74, 6) is -0.609. The van der Waals surface area contributed by atoms with E-state index in [-0.39, 0.29) is 11.9 Å². The molecule has 0 aromatic heterocycles. The van der Waals surface area contributed by atoms with Gasteiger partial charge in [0.1, 0.15) is 0 Å². The van der Waals surface area contributed by atoms with Gasteiger partial charge in [0.2, 0.25) is 8.32 Å². The molecule has 0 amide bonds. The van der Waals surface area contributed by atoms with Gasteiger partial charge in [-0.25, -0.2) is 4.79 Å². The van der Waals surface area contributed by atoms with Gasteiger partial charge >= 0.3 is 5.97 Å². The predicted octanol–water partition coefficient (Wildman–Crippen LogP) is 2.26. The molecule has 0 saturated carbocycles. The van der Waals surface area contributed by atoms with Crippen LogP contribution in [-0.4, -0.2) is 26.9 Å². The lowest BCUT2D eigenvalue weighted by Gasteiger charge is -2.21. The molecule has 0 radical (unpaired) electrons. The Morgan fingerprint density at radius 1 is 1.25 bits per heavy atom. The Morgan fingerprint density at radius 3 is 2.25 bits per heavy atom. The Kier molecular flexibility index (Phi) is 6.03. The summed E-state index contributed by atoms with van der Waals surface area (Å²) in [6, 6.07) is 0.788. The van der Waals surface area contributed by atoms with Crippen molar-refractivity contribution in [3.8, 4) is 0 Å². The molecule has 92 valence electrons. The number of hydrogen-bond acceptors (Lipinski definition) is 4. The van der Waals surface area contributed by atoms with Crippen molar-refractivity contribution < 1.29 is 18.8 Å². The van der Waals surface area contributed by atoms with Crippen LogP contribution >= 0.6 is 0 Å². The molecule has 0 bridgehead atoms. The average Bonchev–Trinajstić information content (AvgIpc) is 2.09. The predicted molar refractivity (Wildman–Crippen MR) is 64.4 cm³/mol. The zero-order valence-electron chi connectivity index (χ0n) is 10.5. The third-order valence-electron chi connectivity index (χ3n) is 1.92. The van der Waals surface area contributed by atoms with Crippen LogP contribution in [0.2, 0.25) is 19.1 Å². The van der Waals surface area contributed by atoms with Crippen molar-refractivity contribution in [2.75, 3.05) is 6.61 Å². The van der Waals surface area contributed by atoms with Crippen molar-refractivity contribution in [3.63, 3.8) is 0 Å². The molecule has 4 nitrogen and oxygen atoms in total. The van der Waals surface area contributed by atoms with E-state index < -0.39 is 8.32 Å². The Balaban J connectivity index is 3.77. The molecular weight excluding hydrogens is 224 g/mol. The van der Waals surface area contributed by atoms with Crippen LogP contribution in [0.15, 0.2) is 12.2 Å². The zero-order valence-corrected chi connectivity index (χ0v) is 11.5. The van der Waals surface area contributed by atoms with Gasteiger partial charge in [0, 0.05) is 12.5 Å². The van der Waals surface area contributed by atoms with E-state index in [1.165, 1.54) is 6.92 Å². The Morgan fingerprint density at radius 2 is 1.81 bits per heavy atom. The molecular formula is C11H20O4Si. The van der Waals surface area contributed by atoms with E-state index >= 15 is 0 Å². The number of carbonyl (C=O) groups excluding carboxylic acids is 2. The molecule has 0 heterocycles. The maximum atomic E-state index is 11.0. The molecule has 0 aliphatic rings. The van der Waals surface area contributed by atoms with Gasteiger partial charge in [-0.3, -0.25) is 4.79 Å². The lowest BCUT2D eigenvalue weighted by atomic mass is 10.4. The first-order valence-corrected chi connectivity index (χ1v) is 8.38. The summed E-state index contributed by atoms with van der Waals surface area (Å²) in [6.45, 7) is 10.8. The topological polar surface area (TPSA) is 52.6 Å². The standard InChI is InChI=1S/C11H20O4Si/c1-9(2)11(13)14-7-6-8-16(4,5)15-10(3)12/h1,6-8H2,2-5H3. The first-order chi connectivity index (χ1) is 7.24. The third-order valence-corrected chi connectivity index (χ3v) is 4.32. The van der Waals surface area contributed by atoms with Crippen LogP contribution in [0.5, 0.6) is 0 Å². The van der Waals surface area contributed by atoms with E-state index in [1.807, 2.05) is 13.1 Å². The second-order valence-electron chi connectivity index (χ2n) is 4.37. The molecule has 16 heavy (non-hydrogen) atoms. The molecule has 0 atom stereocenters. The minimum Gasteiger partial charge on any atom is -0.520 e. The first-order valence-electron chi connectivity index (χ1n) is 5.27. The van der Waals surface area contributed by atoms with Crippen molar-refractivity contribution in [2.24, 2.45) is 0 Å². The van der Waals surface area contributed by atoms with Crippen LogP contribution in [0, 0.1) is 0 Å². The fourth-order valence-corrected chi connectivity index (χ4v) is 3.10. The normalized spacial score (nSPS) is 10.8. The van der Waals surface area contributed by atoms with Crippen LogP contribution in [0.4, 0.5) is 0 Å². The van der Waals surface area contributed by atoms with Gasteiger partial charge in [-0.1, -0.05) is 6.58 Å². The summed E-state index contributed by atoms with van der Waals surface area (Å²) in [4.78, 5) is 21.9. The molecule has 0 unspecified atom stereocenters. The van der Waals surface area contributed by atoms with Gasteiger partial charge in [-0.15, -0.1) is 0 Å². The second-order valence-corrected chi connectivity index (χ2v) is 8.60. The highest BCUT2D eigenvalue weighted by molar-refractivity contribution is 6.72. The molecule has 0 saturated heterocycles. The van der Waals surface area contributed by atoms with Gasteiger partial charge < -0.3 is 9.16 Å². The molecule has 0 spiro atoms. The van der Waals surface area contributed by atoms with E-state index in [1.54, 1.807) is 6.92 Å². The van der Waals surface area contributed by atoms with Crippen molar-refractivity contribution in [1.29, 1.82) is 0 Å². The molecule has 0 aliphatic carbocycles. The van der Waals surface area contributed by atoms with Crippen molar-refractivity contribution in [3.05, 3.63) is 12.2 Å². The van der Waals surface area contributed by atoms with Crippen LogP contribution in [0.25, 0.3) is 0 Å². The van der Waals surface area contributed by atoms with E-state index in [4.69, 9.17) is 9.16 Å². The molecule has 5 heteroatoms. The SMILES string of the molecule is C=C(C)C(=O)OCCC[Si](C)(C)OC(C)=O. The van der Waals surface area contributed by atoms with Crippen molar-refractivity contribution in [1.82, 2.24) is 0 Å². The quantitative estimate of drug-likeness (QED) is 0.311. The van der Waals surface area contributed by atoms with Gasteiger partial charge in [0.25, 0.3) is 5.97 Å². The third kappa shape index (κ3) is 7.22. The maximum absolute atomic E-state index is 11.0. The lowest BCUT2D eigenvalue weighted by Crippen LogP contribution is -2.32. The monoisotopic (exact) mass is 244 g/mol. The summed E-state index contributed by atoms with van der Waals surface area (Å²) < 4.78 is 10.2. The van der Waals surface area contributed by atoms with E-state index in [0.717, 1.165) is 6.04 Å². The van der Waals surface area contributed by atoms with Crippen LogP contribution in [0.1, 0.15) is 20.3 Å². The first kappa shape index (κ1) is 14.9. The van der Waals surface area contributed by atoms with Crippen LogP contribution < -0.4 is 0 Å². The number of ether oxygens (including phenoxy) is 1. The largest absolute Gasteiger partial charge is 0.520 e. The molecule has 0 aromatic rings. The number of carbonyl (C=O) groups is 2. The molecule has 0 fully saturated rings. The van der Waals surface area contributed by atoms with Gasteiger partial charge in [-0.05, 0) is 32.5 Å². The average molecular weight is 244 g/mol. The zero-order chi connectivity index (χ0) is 12.8. The second kappa shape index (κ2) is 6.47. The number of rotatable bonds is 6. The summed E-state index contributed by atoms with van der Waals surface area (Å²) in [7, 11) is -1.93. The summed E-state index contributed by atoms with van der Waals surface area (Å²) >= 11 is 0. The van der Waals surface area contributed by atoms with Crippen molar-refractivity contribution in [2.45, 2.75) is 39.4 Å². The summed E-state index contributed by atoms with van der Waals surface area (Å²) in [5.41, 5.74) is 0.400. The lowest BCUT2D eigenvalue weighted by molar-refractivity contribution is -0.139. The summed E-state index contributed by atoms with van der Waals surface area (Å²) in [5, 5.41) is 0. The van der Waals surface area contributed by atoms with E-state index in [9.17, 15) is 9.59 Å². The minimum absolute atomic E-state index is 0.240. The maximum Gasteiger partial charge on any atom is 0.333 e. The minimum atomic E-state index is -1.93. The van der Waals surface area contributed by atoms with Gasteiger partial charge in [-0.2, -0.15) is 0 Å². The number of hydrogen-bond donors (Lipinski definition) is 0. The van der Waals surface area contributed by atoms with Gasteiger partial charge in [0.15, 0.2) is 0 Å². The molecule has 0 aliphatic heterocycles. The van der Waals surface area contributed by atoms with E-state index in [2.05, 4.69) is 6.58 Å². The molecule has 0 aromatic carbocycles. The fraction of sp³-hybridized carbons (Fsp3) is 0.636. The van der Waals surface area contributed by atoms with Crippen LogP contribution in [0.3, 0.4) is 0 Å². The fourth-order valence-electron chi connectivity index (χ4n) is 1.23. The number of esters is 1. The highest BCUT2D eigenvalue weighted by Gasteiger charge is 2.25. The molecule has 0 N–H and O–H groups in total. The van der Waals surface area contributed by atoms with Crippen LogP contribution in [-0.2, 0) is 18.8 Å². The Bertz CT molecular complexity index is 284. The van der Waals surface area contributed by atoms with E-state index in [0.29, 0.717) is 18.6 Å². The van der Waals surface area contributed by atoms with Crippen molar-refractivity contribution >= 4 is 20.3 Å². The highest BCUT2D eigenvalue weighted by Crippen LogP contribution is 2.14. The Labute approximate surface area is 97.8 Å². The smallest absolute Gasteiger partial charge is 0.333 e. The molecule has 0 rings (SSSR count).